The van der Waals surface area contributed by atoms with Gasteiger partial charge in [0.1, 0.15) is 11.3 Å². The number of para-hydroxylation sites is 1. The molecule has 0 saturated carbocycles. The standard InChI is InChI=1S/C17H21NO3/c1-11-14-5-3-4-6-15(14)21-16(11)12(2)18-17(19)13-7-9-20-10-8-13/h3-6,12-13H,7-10H2,1-2H3,(H,18,19)/t12-/m0/s1. The Balaban J connectivity index is 1.75. The van der Waals surface area contributed by atoms with E-state index in [1.807, 2.05) is 38.1 Å². The molecule has 1 aliphatic rings. The minimum Gasteiger partial charge on any atom is -0.459 e. The fraction of sp³-hybridized carbons (Fsp3) is 0.471. The molecule has 4 nitrogen and oxygen atoms in total. The van der Waals surface area contributed by atoms with Gasteiger partial charge >= 0.3 is 0 Å². The van der Waals surface area contributed by atoms with Gasteiger partial charge in [-0.1, -0.05) is 18.2 Å². The summed E-state index contributed by atoms with van der Waals surface area (Å²) in [6.07, 6.45) is 1.61. The smallest absolute Gasteiger partial charge is 0.223 e. The Hall–Kier alpha value is -1.81. The van der Waals surface area contributed by atoms with Crippen LogP contribution in [-0.2, 0) is 9.53 Å². The molecular weight excluding hydrogens is 266 g/mol. The quantitative estimate of drug-likeness (QED) is 0.942. The fourth-order valence-corrected chi connectivity index (χ4v) is 2.96. The van der Waals surface area contributed by atoms with Crippen molar-refractivity contribution < 1.29 is 13.9 Å². The van der Waals surface area contributed by atoms with Crippen molar-refractivity contribution in [3.8, 4) is 0 Å². The van der Waals surface area contributed by atoms with E-state index in [9.17, 15) is 4.79 Å². The molecule has 1 aliphatic heterocycles. The lowest BCUT2D eigenvalue weighted by atomic mass is 9.98. The number of carbonyl (C=O) groups is 1. The second-order valence-corrected chi connectivity index (χ2v) is 5.70. The van der Waals surface area contributed by atoms with E-state index in [2.05, 4.69) is 5.32 Å². The van der Waals surface area contributed by atoms with Crippen LogP contribution in [0.25, 0.3) is 11.0 Å². The highest BCUT2D eigenvalue weighted by molar-refractivity contribution is 5.83. The minimum absolute atomic E-state index is 0.0610. The van der Waals surface area contributed by atoms with Crippen molar-refractivity contribution in [2.45, 2.75) is 32.7 Å². The summed E-state index contributed by atoms with van der Waals surface area (Å²) in [4.78, 5) is 12.3. The lowest BCUT2D eigenvalue weighted by molar-refractivity contribution is -0.128. The summed E-state index contributed by atoms with van der Waals surface area (Å²) in [7, 11) is 0. The number of benzene rings is 1. The number of fused-ring (bicyclic) bond motifs is 1. The normalized spacial score (nSPS) is 17.8. The van der Waals surface area contributed by atoms with Gasteiger partial charge in [-0.2, -0.15) is 0 Å². The van der Waals surface area contributed by atoms with Crippen molar-refractivity contribution in [3.63, 3.8) is 0 Å². The molecule has 1 aromatic heterocycles. The Morgan fingerprint density at radius 3 is 2.71 bits per heavy atom. The highest BCUT2D eigenvalue weighted by Gasteiger charge is 2.25. The lowest BCUT2D eigenvalue weighted by Crippen LogP contribution is -2.35. The highest BCUT2D eigenvalue weighted by Crippen LogP contribution is 2.29. The molecule has 2 heterocycles. The lowest BCUT2D eigenvalue weighted by Gasteiger charge is -2.23. The minimum atomic E-state index is -0.118. The summed E-state index contributed by atoms with van der Waals surface area (Å²) in [6.45, 7) is 5.37. The topological polar surface area (TPSA) is 51.5 Å². The van der Waals surface area contributed by atoms with Crippen LogP contribution in [0.1, 0.15) is 37.1 Å². The summed E-state index contributed by atoms with van der Waals surface area (Å²) in [5.41, 5.74) is 1.97. The van der Waals surface area contributed by atoms with Crippen molar-refractivity contribution in [1.29, 1.82) is 0 Å². The van der Waals surface area contributed by atoms with E-state index in [1.165, 1.54) is 0 Å². The number of hydrogen-bond donors (Lipinski definition) is 1. The Kier molecular flexibility index (Phi) is 3.97. The zero-order valence-electron chi connectivity index (χ0n) is 12.5. The van der Waals surface area contributed by atoms with Gasteiger partial charge in [-0.3, -0.25) is 4.79 Å². The number of carbonyl (C=O) groups excluding carboxylic acids is 1. The molecule has 1 N–H and O–H groups in total. The summed E-state index contributed by atoms with van der Waals surface area (Å²) in [6, 6.07) is 7.84. The van der Waals surface area contributed by atoms with Gasteiger partial charge in [-0.05, 0) is 32.8 Å². The molecule has 112 valence electrons. The molecule has 1 atom stereocenters. The third-order valence-electron chi connectivity index (χ3n) is 4.22. The Bertz CT molecular complexity index is 641. The predicted molar refractivity (Wildman–Crippen MR) is 81.1 cm³/mol. The molecular formula is C17H21NO3. The molecule has 2 aromatic rings. The van der Waals surface area contributed by atoms with Gasteiger partial charge in [0.25, 0.3) is 0 Å². The van der Waals surface area contributed by atoms with Crippen molar-refractivity contribution in [1.82, 2.24) is 5.32 Å². The number of nitrogens with one attached hydrogen (secondary N) is 1. The SMILES string of the molecule is Cc1c([C@H](C)NC(=O)C2CCOCC2)oc2ccccc12. The molecule has 0 unspecified atom stereocenters. The van der Waals surface area contributed by atoms with Gasteiger partial charge in [-0.25, -0.2) is 0 Å². The third-order valence-corrected chi connectivity index (χ3v) is 4.22. The summed E-state index contributed by atoms with van der Waals surface area (Å²) < 4.78 is 11.2. The second-order valence-electron chi connectivity index (χ2n) is 5.70. The Morgan fingerprint density at radius 1 is 1.29 bits per heavy atom. The average molecular weight is 287 g/mol. The van der Waals surface area contributed by atoms with Crippen LogP contribution < -0.4 is 5.32 Å². The maximum absolute atomic E-state index is 12.3. The molecule has 1 amide bonds. The first-order chi connectivity index (χ1) is 10.2. The number of amides is 1. The van der Waals surface area contributed by atoms with Crippen molar-refractivity contribution in [3.05, 3.63) is 35.6 Å². The zero-order valence-corrected chi connectivity index (χ0v) is 12.5. The van der Waals surface area contributed by atoms with Gasteiger partial charge in [0.05, 0.1) is 6.04 Å². The van der Waals surface area contributed by atoms with Crippen LogP contribution in [0, 0.1) is 12.8 Å². The van der Waals surface area contributed by atoms with Gasteiger partial charge in [-0.15, -0.1) is 0 Å². The Morgan fingerprint density at radius 2 is 2.00 bits per heavy atom. The monoisotopic (exact) mass is 287 g/mol. The first-order valence-electron chi connectivity index (χ1n) is 7.53. The van der Waals surface area contributed by atoms with E-state index in [4.69, 9.17) is 9.15 Å². The van der Waals surface area contributed by atoms with Crippen LogP contribution in [0.4, 0.5) is 0 Å². The largest absolute Gasteiger partial charge is 0.459 e. The van der Waals surface area contributed by atoms with Gasteiger partial charge in [0.2, 0.25) is 5.91 Å². The zero-order chi connectivity index (χ0) is 14.8. The van der Waals surface area contributed by atoms with Crippen LogP contribution in [0.2, 0.25) is 0 Å². The van der Waals surface area contributed by atoms with Gasteiger partial charge in [0.15, 0.2) is 0 Å². The maximum Gasteiger partial charge on any atom is 0.223 e. The summed E-state index contributed by atoms with van der Waals surface area (Å²) in [5, 5.41) is 4.19. The molecule has 0 spiro atoms. The fourth-order valence-electron chi connectivity index (χ4n) is 2.96. The van der Waals surface area contributed by atoms with E-state index < -0.39 is 0 Å². The van der Waals surface area contributed by atoms with E-state index >= 15 is 0 Å². The van der Waals surface area contributed by atoms with Crippen LogP contribution in [-0.4, -0.2) is 19.1 Å². The number of rotatable bonds is 3. The average Bonchev–Trinajstić information content (AvgIpc) is 2.86. The van der Waals surface area contributed by atoms with E-state index in [-0.39, 0.29) is 17.9 Å². The predicted octanol–water partition coefficient (Wildman–Crippen LogP) is 3.35. The molecule has 21 heavy (non-hydrogen) atoms. The molecule has 1 fully saturated rings. The Labute approximate surface area is 124 Å². The molecule has 0 aliphatic carbocycles. The molecule has 0 bridgehead atoms. The second kappa shape index (κ2) is 5.90. The molecule has 1 aromatic carbocycles. The summed E-state index contributed by atoms with van der Waals surface area (Å²) >= 11 is 0. The molecule has 4 heteroatoms. The van der Waals surface area contributed by atoms with Crippen molar-refractivity contribution >= 4 is 16.9 Å². The van der Waals surface area contributed by atoms with Crippen molar-refractivity contribution in [2.75, 3.05) is 13.2 Å². The third kappa shape index (κ3) is 2.81. The van der Waals surface area contributed by atoms with Crippen molar-refractivity contribution in [2.24, 2.45) is 5.92 Å². The number of ether oxygens (including phenoxy) is 1. The van der Waals surface area contributed by atoms with Gasteiger partial charge in [0, 0.05) is 30.1 Å². The maximum atomic E-state index is 12.3. The van der Waals surface area contributed by atoms with Gasteiger partial charge < -0.3 is 14.5 Å². The van der Waals surface area contributed by atoms with E-state index in [1.54, 1.807) is 0 Å². The van der Waals surface area contributed by atoms with Crippen LogP contribution in [0.15, 0.2) is 28.7 Å². The molecule has 3 rings (SSSR count). The van der Waals surface area contributed by atoms with Crippen LogP contribution in [0.5, 0.6) is 0 Å². The van der Waals surface area contributed by atoms with Crippen LogP contribution in [0.3, 0.4) is 0 Å². The number of aryl methyl sites for hydroxylation is 1. The molecule has 0 radical (unpaired) electrons. The van der Waals surface area contributed by atoms with Crippen LogP contribution >= 0.6 is 0 Å². The number of hydrogen-bond acceptors (Lipinski definition) is 3. The van der Waals surface area contributed by atoms with E-state index in [0.717, 1.165) is 35.1 Å². The van der Waals surface area contributed by atoms with E-state index in [0.29, 0.717) is 13.2 Å². The first-order valence-corrected chi connectivity index (χ1v) is 7.53. The molecule has 1 saturated heterocycles. The number of furan rings is 1. The summed E-state index contributed by atoms with van der Waals surface area (Å²) in [5.74, 6) is 1.01. The highest BCUT2D eigenvalue weighted by atomic mass is 16.5. The first kappa shape index (κ1) is 14.1.